The topological polar surface area (TPSA) is 77.8 Å². The van der Waals surface area contributed by atoms with Crippen LogP contribution in [0.25, 0.3) is 0 Å². The SMILES string of the molecule is CC(C)=CCC1C(O)=C(O)C(CC=C(C)C)(C(=O)O)C(CC=C(C)C)(CC=C(C)C)C1(CC=C(C)C)CC=C(C)C. The number of allylic oxidation sites excluding steroid dienone is 13. The Hall–Kier alpha value is -2.75. The summed E-state index contributed by atoms with van der Waals surface area (Å²) in [5.41, 5.74) is 3.14. The minimum Gasteiger partial charge on any atom is -0.508 e. The molecule has 3 N–H and O–H groups in total. The fourth-order valence-corrected chi connectivity index (χ4v) is 6.49. The summed E-state index contributed by atoms with van der Waals surface area (Å²) >= 11 is 0. The van der Waals surface area contributed by atoms with E-state index in [9.17, 15) is 20.1 Å². The van der Waals surface area contributed by atoms with E-state index in [1.807, 2.05) is 61.5 Å². The van der Waals surface area contributed by atoms with Gasteiger partial charge in [0.2, 0.25) is 0 Å². The lowest BCUT2D eigenvalue weighted by Crippen LogP contribution is -2.63. The van der Waals surface area contributed by atoms with E-state index in [1.54, 1.807) is 0 Å². The van der Waals surface area contributed by atoms with Crippen molar-refractivity contribution in [2.45, 2.75) is 122 Å². The number of aliphatic hydroxyl groups is 2. The Balaban J connectivity index is 4.75. The number of carbonyl (C=O) groups is 1. The number of rotatable bonds is 13. The van der Waals surface area contributed by atoms with Gasteiger partial charge in [-0.05, 0) is 127 Å². The summed E-state index contributed by atoms with van der Waals surface area (Å²) in [6, 6.07) is 0. The maximum Gasteiger partial charge on any atom is 0.318 e. The highest BCUT2D eigenvalue weighted by molar-refractivity contribution is 5.81. The summed E-state index contributed by atoms with van der Waals surface area (Å²) in [7, 11) is 0. The molecule has 0 fully saturated rings. The predicted octanol–water partition coefficient (Wildman–Crippen LogP) is 11.1. The normalized spacial score (nSPS) is 20.8. The molecule has 0 saturated heterocycles. The molecule has 0 heterocycles. The maximum atomic E-state index is 13.9. The molecule has 0 saturated carbocycles. The highest BCUT2D eigenvalue weighted by Gasteiger charge is 2.71. The minimum atomic E-state index is -1.74. The van der Waals surface area contributed by atoms with Gasteiger partial charge < -0.3 is 15.3 Å². The van der Waals surface area contributed by atoms with Crippen molar-refractivity contribution in [2.24, 2.45) is 22.2 Å². The van der Waals surface area contributed by atoms with Crippen LogP contribution in [0.15, 0.2) is 81.4 Å². The van der Waals surface area contributed by atoms with E-state index in [1.165, 1.54) is 0 Å². The highest BCUT2D eigenvalue weighted by Crippen LogP contribution is 2.72. The Morgan fingerprint density at radius 1 is 0.585 bits per heavy atom. The fourth-order valence-electron chi connectivity index (χ4n) is 6.49. The van der Waals surface area contributed by atoms with E-state index in [-0.39, 0.29) is 17.9 Å². The largest absolute Gasteiger partial charge is 0.508 e. The van der Waals surface area contributed by atoms with Crippen LogP contribution in [-0.2, 0) is 4.79 Å². The van der Waals surface area contributed by atoms with Crippen LogP contribution < -0.4 is 0 Å². The zero-order chi connectivity index (χ0) is 31.8. The van der Waals surface area contributed by atoms with Crippen molar-refractivity contribution in [1.29, 1.82) is 0 Å². The van der Waals surface area contributed by atoms with Gasteiger partial charge in [0.05, 0.1) is 0 Å². The van der Waals surface area contributed by atoms with E-state index in [2.05, 4.69) is 58.1 Å². The van der Waals surface area contributed by atoms with Gasteiger partial charge in [-0.3, -0.25) is 4.79 Å². The third kappa shape index (κ3) is 7.96. The van der Waals surface area contributed by atoms with E-state index in [0.717, 1.165) is 33.4 Å². The molecule has 41 heavy (non-hydrogen) atoms. The van der Waals surface area contributed by atoms with Crippen molar-refractivity contribution in [1.82, 2.24) is 0 Å². The lowest BCUT2D eigenvalue weighted by atomic mass is 9.38. The van der Waals surface area contributed by atoms with Crippen LogP contribution in [0.2, 0.25) is 0 Å². The second kappa shape index (κ2) is 14.9. The van der Waals surface area contributed by atoms with E-state index < -0.39 is 28.1 Å². The molecule has 0 aromatic heterocycles. The second-order valence-electron chi connectivity index (χ2n) is 13.7. The van der Waals surface area contributed by atoms with Gasteiger partial charge >= 0.3 is 5.97 Å². The Morgan fingerprint density at radius 3 is 1.27 bits per heavy atom. The van der Waals surface area contributed by atoms with Gasteiger partial charge in [-0.25, -0.2) is 0 Å². The molecule has 2 unspecified atom stereocenters. The van der Waals surface area contributed by atoms with Crippen molar-refractivity contribution >= 4 is 5.97 Å². The van der Waals surface area contributed by atoms with Crippen molar-refractivity contribution < 1.29 is 20.1 Å². The van der Waals surface area contributed by atoms with Crippen LogP contribution in [-0.4, -0.2) is 21.3 Å². The number of hydrogen-bond acceptors (Lipinski definition) is 3. The first kappa shape index (κ1) is 36.3. The van der Waals surface area contributed by atoms with Gasteiger partial charge in [0, 0.05) is 11.3 Å². The molecule has 1 aliphatic rings. The molecule has 2 atom stereocenters. The number of aliphatic hydroxyl groups excluding tert-OH is 2. The summed E-state index contributed by atoms with van der Waals surface area (Å²) in [4.78, 5) is 13.9. The summed E-state index contributed by atoms with van der Waals surface area (Å²) in [5, 5.41) is 35.4. The molecule has 1 aliphatic carbocycles. The number of aliphatic carboxylic acids is 1. The van der Waals surface area contributed by atoms with Crippen LogP contribution in [0.5, 0.6) is 0 Å². The number of carboxylic acids is 1. The Kier molecular flexibility index (Phi) is 13.2. The molecule has 230 valence electrons. The van der Waals surface area contributed by atoms with Crippen LogP contribution in [0.3, 0.4) is 0 Å². The standard InChI is InChI=1S/C37H58O4/c1-25(2)13-14-31-32(38)33(39)37(34(40)41,24-19-30(11)12)36(22-17-28(7)8,23-18-29(9)10)35(31,20-15-26(3)4)21-16-27(5)6/h13,15-19,31,38-39H,14,20-24H2,1-12H3,(H,40,41). The van der Waals surface area contributed by atoms with Crippen LogP contribution >= 0.6 is 0 Å². The smallest absolute Gasteiger partial charge is 0.318 e. The third-order valence-electron chi connectivity index (χ3n) is 8.82. The molecule has 0 aliphatic heterocycles. The lowest BCUT2D eigenvalue weighted by Gasteiger charge is -2.63. The molecule has 1 rings (SSSR count). The van der Waals surface area contributed by atoms with Crippen LogP contribution in [0.4, 0.5) is 0 Å². The number of carboxylic acid groups (broad SMARTS) is 1. The molecule has 0 aromatic carbocycles. The molecular weight excluding hydrogens is 508 g/mol. The summed E-state index contributed by atoms with van der Waals surface area (Å²) in [6.07, 6.45) is 15.4. The first-order chi connectivity index (χ1) is 18.9. The summed E-state index contributed by atoms with van der Waals surface area (Å²) in [5.74, 6) is -2.13. The van der Waals surface area contributed by atoms with Crippen LogP contribution in [0.1, 0.15) is 122 Å². The Labute approximate surface area is 251 Å². The molecule has 0 radical (unpaired) electrons. The predicted molar refractivity (Wildman–Crippen MR) is 175 cm³/mol. The quantitative estimate of drug-likeness (QED) is 0.194. The van der Waals surface area contributed by atoms with Gasteiger partial charge in [-0.1, -0.05) is 69.9 Å². The summed E-state index contributed by atoms with van der Waals surface area (Å²) < 4.78 is 0. The van der Waals surface area contributed by atoms with Gasteiger partial charge in [0.25, 0.3) is 0 Å². The Morgan fingerprint density at radius 2 is 0.927 bits per heavy atom. The van der Waals surface area contributed by atoms with E-state index in [4.69, 9.17) is 0 Å². The minimum absolute atomic E-state index is 0.0918. The molecular formula is C37H58O4. The van der Waals surface area contributed by atoms with Gasteiger partial charge in [-0.2, -0.15) is 0 Å². The first-order valence-corrected chi connectivity index (χ1v) is 15.1. The molecule has 0 aromatic rings. The Bertz CT molecular complexity index is 1100. The monoisotopic (exact) mass is 566 g/mol. The van der Waals surface area contributed by atoms with Gasteiger partial charge in [0.15, 0.2) is 0 Å². The molecule has 0 amide bonds. The second-order valence-corrected chi connectivity index (χ2v) is 13.7. The third-order valence-corrected chi connectivity index (χ3v) is 8.82. The van der Waals surface area contributed by atoms with Gasteiger partial charge in [-0.15, -0.1) is 0 Å². The first-order valence-electron chi connectivity index (χ1n) is 15.1. The van der Waals surface area contributed by atoms with Crippen molar-refractivity contribution in [3.05, 3.63) is 81.4 Å². The molecule has 4 heteroatoms. The van der Waals surface area contributed by atoms with Crippen molar-refractivity contribution in [2.75, 3.05) is 0 Å². The fraction of sp³-hybridized carbons (Fsp3) is 0.595. The molecule has 0 spiro atoms. The van der Waals surface area contributed by atoms with Gasteiger partial charge in [0.1, 0.15) is 16.9 Å². The zero-order valence-corrected chi connectivity index (χ0v) is 28.0. The summed E-state index contributed by atoms with van der Waals surface area (Å²) in [6.45, 7) is 24.4. The maximum absolute atomic E-state index is 13.9. The lowest BCUT2D eigenvalue weighted by molar-refractivity contribution is -0.183. The highest BCUT2D eigenvalue weighted by atomic mass is 16.4. The van der Waals surface area contributed by atoms with Crippen molar-refractivity contribution in [3.63, 3.8) is 0 Å². The van der Waals surface area contributed by atoms with Crippen molar-refractivity contribution in [3.8, 4) is 0 Å². The molecule has 4 nitrogen and oxygen atoms in total. The zero-order valence-electron chi connectivity index (χ0n) is 28.0. The van der Waals surface area contributed by atoms with E-state index in [0.29, 0.717) is 32.1 Å². The molecule has 0 bridgehead atoms. The average Bonchev–Trinajstić information content (AvgIpc) is 2.84. The van der Waals surface area contributed by atoms with Crippen LogP contribution in [0, 0.1) is 22.2 Å². The van der Waals surface area contributed by atoms with E-state index >= 15 is 0 Å². The number of hydrogen-bond donors (Lipinski definition) is 3. The average molecular weight is 567 g/mol.